The largest absolute Gasteiger partial charge is 0.306 e. The highest BCUT2D eigenvalue weighted by Crippen LogP contribution is 2.71. The van der Waals surface area contributed by atoms with Crippen LogP contribution < -0.4 is 0 Å². The number of ketones is 1. The van der Waals surface area contributed by atoms with Crippen molar-refractivity contribution in [2.45, 2.75) is 328 Å². The maximum absolute atomic E-state index is 13.9. The number of nitrogens with zero attached hydrogens (tertiary/aromatic N) is 14. The third kappa shape index (κ3) is 22.7. The quantitative estimate of drug-likeness (QED) is 0.0582. The number of halogens is 7. The molecular formula is C121H133F7N14OS7. The van der Waals surface area contributed by atoms with E-state index in [9.17, 15) is 35.5 Å². The summed E-state index contributed by atoms with van der Waals surface area (Å²) in [4.78, 5) is 72.4. The van der Waals surface area contributed by atoms with Crippen LogP contribution in [0.5, 0.6) is 0 Å². The van der Waals surface area contributed by atoms with E-state index in [1.54, 1.807) is 140 Å². The second kappa shape index (κ2) is 44.0. The van der Waals surface area contributed by atoms with Crippen molar-refractivity contribution in [2.75, 3.05) is 14.1 Å². The van der Waals surface area contributed by atoms with E-state index in [0.717, 1.165) is 190 Å². The van der Waals surface area contributed by atoms with Gasteiger partial charge in [-0.25, -0.2) is 90.5 Å². The summed E-state index contributed by atoms with van der Waals surface area (Å²) < 4.78 is 96.0. The number of hydrogen-bond donors (Lipinski definition) is 0. The van der Waals surface area contributed by atoms with Gasteiger partial charge in [-0.3, -0.25) is 9.78 Å². The van der Waals surface area contributed by atoms with Gasteiger partial charge in [-0.1, -0.05) is 94.6 Å². The second-order valence-corrected chi connectivity index (χ2v) is 57.5. The molecular weight excluding hydrogens is 2020 g/mol. The molecule has 150 heavy (non-hydrogen) atoms. The van der Waals surface area contributed by atoms with Gasteiger partial charge < -0.3 is 4.90 Å². The fourth-order valence-electron chi connectivity index (χ4n) is 31.2. The van der Waals surface area contributed by atoms with Crippen LogP contribution in [0.4, 0.5) is 30.7 Å². The molecule has 7 aromatic heterocycles. The molecule has 16 bridgehead atoms. The van der Waals surface area contributed by atoms with Crippen molar-refractivity contribution in [2.24, 2.45) is 81.8 Å². The minimum Gasteiger partial charge on any atom is -0.306 e. The lowest BCUT2D eigenvalue weighted by atomic mass is 9.45. The molecule has 0 saturated heterocycles. The SMILES string of the molecule is CC1(Sc2ncnc3ccc(F)cc23)CCC2CC1C2(C)C.CCC(=O)CC12CC3CC(C1)CC(Sc1ncnc4ccc(F)cc14)(C3)C2.CN(C)C1C2CC3CC1CC(Sc1ncnc4ccc(F)cc14)(C3)C2.Fc1ccc2nccc(SC34CC5CC(CC(C5)C3)C4)c2c1.Fc1ccc2ncnc(SC3CC4CCC3C4)c2c1.Fc1ccc2ncnc(SC3CCCC3)c2c1.Fc1ccc2ncnc(SC3CCCCC3)c2c1. The van der Waals surface area contributed by atoms with Gasteiger partial charge in [0.05, 0.1) is 38.6 Å². The standard InChI is InChI=1S/C22H25FN2OS.C20H24FN3S.C19H20FNS.C18H21FN2S.C15H15FN2S.C14H15FN2S.C13H13FN2S/c1-2-17(26)11-21-7-14-5-15(8-21)10-22(9-14,12-21)27-20-18-6-16(23)3-4-19(18)24-13-25-20;1-24(2)18-13-5-12-6-14(18)10-20(8-12,9-13)25-19-16-7-15(21)3-4-17(16)22-11-23-19;20-15-1-2-17-16(8-15)18(3-4-21-17)22-19-9-12-5-13(10-19)7-14(6-12)11-19;1-17(2)11-6-7-18(3,15(17)8-11)22-16-13-9-12(19)4-5-14(13)20-10-21-16;16-11-3-4-13-12(7-11)15(18-8-17-13)19-14-6-9-1-2-10(14)5-9;15-10-6-7-13-12(8-10)14(17-9-16-13)18-11-4-2-1-3-5-11;14-9-5-6-12-11(7-9)13(16-8-15-12)17-10-3-1-2-4-10/h3-4,6,13-15H,2,5,7-12H2,1H3;3-4,7,11-14,18H,5-6,8-10H2,1-2H3;1-4,8,12-14H,5-7,9-11H2;4-5,9-11,15H,6-8H2,1-3H3;3-4,7-10,14H,1-2,5-6H2;6-9,11H,1-5H2;5-8,10H,1-4H2. The number of thioether (sulfide) groups is 7. The zero-order valence-electron chi connectivity index (χ0n) is 86.4. The lowest BCUT2D eigenvalue weighted by Gasteiger charge is -2.64. The second-order valence-electron chi connectivity index (χ2n) is 47.7. The van der Waals surface area contributed by atoms with Gasteiger partial charge in [0.2, 0.25) is 0 Å². The van der Waals surface area contributed by atoms with Gasteiger partial charge in [0, 0.05) is 102 Å². The zero-order valence-corrected chi connectivity index (χ0v) is 92.1. The minimum atomic E-state index is -0.241. The number of aromatic nitrogens is 13. The number of Topliss-reactive ketones (excluding diaryl/α,β-unsaturated/α-hetero) is 1. The Kier molecular flexibility index (Phi) is 30.7. The molecule has 19 aliphatic carbocycles. The number of carbonyl (C=O) groups excluding carboxylic acids is 1. The zero-order chi connectivity index (χ0) is 103. The summed E-state index contributed by atoms with van der Waals surface area (Å²) >= 11 is 13.0. The summed E-state index contributed by atoms with van der Waals surface area (Å²) in [7, 11) is 4.49. The van der Waals surface area contributed by atoms with Crippen molar-refractivity contribution < 1.29 is 35.5 Å². The van der Waals surface area contributed by atoms with E-state index in [1.165, 1.54) is 259 Å². The predicted octanol–water partition coefficient (Wildman–Crippen LogP) is 32.5. The monoisotopic (exact) mass is 2150 g/mol. The van der Waals surface area contributed by atoms with Crippen molar-refractivity contribution in [3.8, 4) is 0 Å². The normalized spacial score (nSPS) is 30.0. The Bertz CT molecular complexity index is 7180. The smallest absolute Gasteiger partial charge is 0.133 e. The van der Waals surface area contributed by atoms with Crippen LogP contribution in [-0.2, 0) is 4.79 Å². The lowest BCUT2D eigenvalue weighted by Crippen LogP contribution is -2.59. The Morgan fingerprint density at radius 3 is 1.11 bits per heavy atom. The highest BCUT2D eigenvalue weighted by Gasteiger charge is 2.62. The first-order valence-corrected chi connectivity index (χ1v) is 60.9. The molecule has 7 aromatic carbocycles. The van der Waals surface area contributed by atoms with Crippen LogP contribution in [0.1, 0.15) is 252 Å². The minimum absolute atomic E-state index is 0.145. The average molecular weight is 2160 g/mol. The first-order valence-electron chi connectivity index (χ1n) is 55.0. The molecule has 33 rings (SSSR count). The van der Waals surface area contributed by atoms with E-state index in [0.29, 0.717) is 44.0 Å². The molecule has 0 spiro atoms. The number of carbonyl (C=O) groups is 1. The van der Waals surface area contributed by atoms with E-state index >= 15 is 0 Å². The number of hydrogen-bond acceptors (Lipinski definition) is 22. The molecule has 0 radical (unpaired) electrons. The van der Waals surface area contributed by atoms with Crippen molar-refractivity contribution in [1.29, 1.82) is 0 Å². The Balaban J connectivity index is 0.0000000964. The molecule has 19 saturated carbocycles. The van der Waals surface area contributed by atoms with Crippen LogP contribution in [0.25, 0.3) is 76.3 Å². The summed E-state index contributed by atoms with van der Waals surface area (Å²) in [6.45, 7) is 9.16. The van der Waals surface area contributed by atoms with Gasteiger partial charge >= 0.3 is 0 Å². The summed E-state index contributed by atoms with van der Waals surface area (Å²) in [6, 6.07) is 36.3. The molecule has 10 unspecified atom stereocenters. The molecule has 0 aliphatic heterocycles. The molecule has 784 valence electrons. The maximum atomic E-state index is 13.9. The number of pyridine rings is 1. The first kappa shape index (κ1) is 105. The van der Waals surface area contributed by atoms with Gasteiger partial charge in [-0.2, -0.15) is 0 Å². The van der Waals surface area contributed by atoms with E-state index in [-0.39, 0.29) is 60.4 Å². The van der Waals surface area contributed by atoms with E-state index in [2.05, 4.69) is 111 Å². The Morgan fingerprint density at radius 2 is 0.707 bits per heavy atom. The van der Waals surface area contributed by atoms with Crippen LogP contribution in [0.15, 0.2) is 213 Å². The maximum Gasteiger partial charge on any atom is 0.133 e. The molecule has 15 nitrogen and oxygen atoms in total. The molecule has 7 heterocycles. The molecule has 0 N–H and O–H groups in total. The third-order valence-electron chi connectivity index (χ3n) is 36.7. The van der Waals surface area contributed by atoms with Gasteiger partial charge in [-0.05, 0) is 410 Å². The number of fused-ring (bicyclic) bond motifs is 11. The van der Waals surface area contributed by atoms with Crippen LogP contribution in [0.3, 0.4) is 0 Å². The molecule has 0 amide bonds. The van der Waals surface area contributed by atoms with Crippen LogP contribution in [0.2, 0.25) is 0 Å². The fourth-order valence-corrected chi connectivity index (χ4v) is 42.1. The summed E-state index contributed by atoms with van der Waals surface area (Å²) in [5.41, 5.74) is 6.48. The van der Waals surface area contributed by atoms with Crippen LogP contribution in [0, 0.1) is 123 Å². The van der Waals surface area contributed by atoms with Gasteiger partial charge in [-0.15, -0.1) is 47.0 Å². The van der Waals surface area contributed by atoms with Crippen molar-refractivity contribution in [3.05, 3.63) is 218 Å². The Labute approximate surface area is 905 Å². The Hall–Kier alpha value is -8.42. The highest BCUT2D eigenvalue weighted by atomic mass is 32.2. The molecule has 29 heteroatoms. The van der Waals surface area contributed by atoms with Crippen LogP contribution >= 0.6 is 82.3 Å². The first-order chi connectivity index (χ1) is 72.5. The molecule has 10 atom stereocenters. The van der Waals surface area contributed by atoms with Crippen molar-refractivity contribution in [3.63, 3.8) is 0 Å². The summed E-state index contributed by atoms with van der Waals surface area (Å²) in [6.07, 6.45) is 56.0. The van der Waals surface area contributed by atoms with E-state index < -0.39 is 0 Å². The van der Waals surface area contributed by atoms with Crippen LogP contribution in [-0.4, -0.2) is 130 Å². The number of rotatable bonds is 18. The molecule has 19 aliphatic rings. The topological polar surface area (TPSA) is 188 Å². The number of benzene rings is 7. The lowest BCUT2D eigenvalue weighted by molar-refractivity contribution is -0.125. The van der Waals surface area contributed by atoms with Gasteiger partial charge in [0.1, 0.15) is 115 Å². The highest BCUT2D eigenvalue weighted by molar-refractivity contribution is 8.02. The van der Waals surface area contributed by atoms with Crippen molar-refractivity contribution in [1.82, 2.24) is 69.7 Å². The third-order valence-corrected chi connectivity index (χ3v) is 46.7. The van der Waals surface area contributed by atoms with E-state index in [4.69, 9.17) is 0 Å². The fraction of sp³-hybridized carbons (Fsp3) is 0.521. The van der Waals surface area contributed by atoms with Gasteiger partial charge in [0.15, 0.2) is 0 Å². The van der Waals surface area contributed by atoms with Gasteiger partial charge in [0.25, 0.3) is 0 Å². The molecule has 19 fully saturated rings. The van der Waals surface area contributed by atoms with E-state index in [1.807, 2.05) is 71.9 Å². The Morgan fingerprint density at radius 1 is 0.340 bits per heavy atom. The average Bonchev–Trinajstić information content (AvgIpc) is 0.748. The van der Waals surface area contributed by atoms with Crippen molar-refractivity contribution >= 4 is 164 Å². The summed E-state index contributed by atoms with van der Waals surface area (Å²) in [5.74, 6) is 9.06. The molecule has 14 aromatic rings. The summed E-state index contributed by atoms with van der Waals surface area (Å²) in [5, 5.41) is 13.6. The predicted molar refractivity (Wildman–Crippen MR) is 595 cm³/mol.